The lowest BCUT2D eigenvalue weighted by atomic mass is 10.1. The van der Waals surface area contributed by atoms with E-state index in [1.807, 2.05) is 0 Å². The Hall–Kier alpha value is -1.69. The van der Waals surface area contributed by atoms with Crippen LogP contribution in [-0.2, 0) is 15.7 Å². The van der Waals surface area contributed by atoms with Crippen LogP contribution in [0.15, 0.2) is 24.3 Å². The molecule has 1 aromatic carbocycles. The van der Waals surface area contributed by atoms with Gasteiger partial charge in [-0.05, 0) is 39.8 Å². The lowest BCUT2D eigenvalue weighted by Crippen LogP contribution is -2.37. The SMILES string of the molecule is CCOC(=O)c1ccccc1C(=O)NS(=O)C(C)(C)C. The normalized spacial score (nSPS) is 12.6. The number of hydrogen-bond donors (Lipinski definition) is 1. The number of hydrogen-bond acceptors (Lipinski definition) is 4. The van der Waals surface area contributed by atoms with Crippen molar-refractivity contribution >= 4 is 22.9 Å². The first kappa shape index (κ1) is 16.4. The van der Waals surface area contributed by atoms with E-state index in [-0.39, 0.29) is 17.7 Å². The molecule has 5 nitrogen and oxygen atoms in total. The standard InChI is InChI=1S/C14H19NO4S/c1-5-19-13(17)11-9-7-6-8-10(11)12(16)15-20(18)14(2,3)4/h6-9H,5H2,1-4H3,(H,15,16). The van der Waals surface area contributed by atoms with E-state index in [0.717, 1.165) is 0 Å². The number of carbonyl (C=O) groups excluding carboxylic acids is 2. The molecule has 110 valence electrons. The summed E-state index contributed by atoms with van der Waals surface area (Å²) in [6, 6.07) is 6.29. The third-order valence-electron chi connectivity index (χ3n) is 2.41. The van der Waals surface area contributed by atoms with E-state index in [9.17, 15) is 13.8 Å². The predicted octanol–water partition coefficient (Wildman–Crippen LogP) is 2.06. The molecule has 6 heteroatoms. The maximum absolute atomic E-state index is 12.1. The highest BCUT2D eigenvalue weighted by Gasteiger charge is 2.24. The summed E-state index contributed by atoms with van der Waals surface area (Å²) in [5.74, 6) is -1.12. The minimum absolute atomic E-state index is 0.156. The largest absolute Gasteiger partial charge is 0.462 e. The molecule has 1 aromatic rings. The average molecular weight is 297 g/mol. The van der Waals surface area contributed by atoms with Gasteiger partial charge in [0.25, 0.3) is 5.91 Å². The second-order valence-electron chi connectivity index (χ2n) is 5.08. The van der Waals surface area contributed by atoms with Crippen LogP contribution in [0, 0.1) is 0 Å². The molecule has 0 fully saturated rings. The second kappa shape index (κ2) is 6.65. The number of carbonyl (C=O) groups is 2. The van der Waals surface area contributed by atoms with E-state index in [1.165, 1.54) is 12.1 Å². The van der Waals surface area contributed by atoms with E-state index >= 15 is 0 Å². The Balaban J connectivity index is 2.99. The van der Waals surface area contributed by atoms with Crippen LogP contribution in [-0.4, -0.2) is 27.4 Å². The first-order valence-corrected chi connectivity index (χ1v) is 7.41. The van der Waals surface area contributed by atoms with E-state index in [4.69, 9.17) is 4.74 Å². The van der Waals surface area contributed by atoms with E-state index < -0.39 is 27.6 Å². The third-order valence-corrected chi connectivity index (χ3v) is 3.89. The summed E-state index contributed by atoms with van der Waals surface area (Å²) in [4.78, 5) is 23.9. The summed E-state index contributed by atoms with van der Waals surface area (Å²) < 4.78 is 18.6. The summed E-state index contributed by atoms with van der Waals surface area (Å²) >= 11 is 0. The number of rotatable bonds is 4. The molecule has 0 aromatic heterocycles. The molecule has 0 radical (unpaired) electrons. The average Bonchev–Trinajstić information content (AvgIpc) is 2.37. The molecule has 0 saturated carbocycles. The Morgan fingerprint density at radius 2 is 1.75 bits per heavy atom. The summed E-state index contributed by atoms with van der Waals surface area (Å²) in [5.41, 5.74) is 0.321. The van der Waals surface area contributed by atoms with Crippen LogP contribution in [0.2, 0.25) is 0 Å². The molecule has 0 aliphatic rings. The zero-order chi connectivity index (χ0) is 15.3. The van der Waals surface area contributed by atoms with Crippen molar-refractivity contribution in [3.05, 3.63) is 35.4 Å². The van der Waals surface area contributed by atoms with Gasteiger partial charge in [-0.3, -0.25) is 9.52 Å². The molecule has 1 unspecified atom stereocenters. The maximum Gasteiger partial charge on any atom is 0.338 e. The Morgan fingerprint density at radius 1 is 1.20 bits per heavy atom. The van der Waals surface area contributed by atoms with E-state index in [1.54, 1.807) is 39.8 Å². The van der Waals surface area contributed by atoms with Crippen LogP contribution >= 0.6 is 0 Å². The molecule has 0 saturated heterocycles. The Bertz CT molecular complexity index is 534. The van der Waals surface area contributed by atoms with Crippen LogP contribution in [0.25, 0.3) is 0 Å². The van der Waals surface area contributed by atoms with Gasteiger partial charge >= 0.3 is 5.97 Å². The van der Waals surface area contributed by atoms with Crippen molar-refractivity contribution in [2.24, 2.45) is 0 Å². The van der Waals surface area contributed by atoms with Gasteiger partial charge < -0.3 is 4.74 Å². The highest BCUT2D eigenvalue weighted by Crippen LogP contribution is 2.13. The highest BCUT2D eigenvalue weighted by molar-refractivity contribution is 7.85. The lowest BCUT2D eigenvalue weighted by Gasteiger charge is -2.18. The van der Waals surface area contributed by atoms with Gasteiger partial charge in [0.15, 0.2) is 0 Å². The van der Waals surface area contributed by atoms with Gasteiger partial charge in [0, 0.05) is 0 Å². The fourth-order valence-electron chi connectivity index (χ4n) is 1.36. The van der Waals surface area contributed by atoms with Crippen LogP contribution in [0.1, 0.15) is 48.4 Å². The number of ether oxygens (including phenoxy) is 1. The van der Waals surface area contributed by atoms with Gasteiger partial charge in [-0.2, -0.15) is 0 Å². The highest BCUT2D eigenvalue weighted by atomic mass is 32.2. The fraction of sp³-hybridized carbons (Fsp3) is 0.429. The van der Waals surface area contributed by atoms with Gasteiger partial charge in [0.1, 0.15) is 11.0 Å². The van der Waals surface area contributed by atoms with Crippen molar-refractivity contribution in [2.75, 3.05) is 6.61 Å². The minimum Gasteiger partial charge on any atom is -0.462 e. The molecule has 1 N–H and O–H groups in total. The van der Waals surface area contributed by atoms with Gasteiger partial charge in [0.05, 0.1) is 22.5 Å². The number of benzene rings is 1. The fourth-order valence-corrected chi connectivity index (χ4v) is 1.94. The van der Waals surface area contributed by atoms with Gasteiger partial charge in [0.2, 0.25) is 0 Å². The molecule has 0 spiro atoms. The van der Waals surface area contributed by atoms with Crippen LogP contribution in [0.3, 0.4) is 0 Å². The quantitative estimate of drug-likeness (QED) is 0.863. The molecule has 0 heterocycles. The van der Waals surface area contributed by atoms with Crippen molar-refractivity contribution in [3.63, 3.8) is 0 Å². The molecule has 20 heavy (non-hydrogen) atoms. The van der Waals surface area contributed by atoms with Crippen molar-refractivity contribution < 1.29 is 18.5 Å². The summed E-state index contributed by atoms with van der Waals surface area (Å²) in [7, 11) is -1.54. The monoisotopic (exact) mass is 297 g/mol. The first-order valence-electron chi connectivity index (χ1n) is 6.26. The number of esters is 1. The van der Waals surface area contributed by atoms with Crippen molar-refractivity contribution in [3.8, 4) is 0 Å². The minimum atomic E-state index is -1.54. The smallest absolute Gasteiger partial charge is 0.338 e. The topological polar surface area (TPSA) is 72.5 Å². The summed E-state index contributed by atoms with van der Waals surface area (Å²) in [5, 5.41) is 0. The van der Waals surface area contributed by atoms with Crippen molar-refractivity contribution in [1.29, 1.82) is 0 Å². The zero-order valence-electron chi connectivity index (χ0n) is 12.1. The lowest BCUT2D eigenvalue weighted by molar-refractivity contribution is 0.0523. The maximum atomic E-state index is 12.1. The van der Waals surface area contributed by atoms with E-state index in [2.05, 4.69) is 4.72 Å². The molecule has 0 aliphatic heterocycles. The summed E-state index contributed by atoms with van der Waals surface area (Å²) in [6.07, 6.45) is 0. The number of amides is 1. The Morgan fingerprint density at radius 3 is 2.25 bits per heavy atom. The van der Waals surface area contributed by atoms with E-state index in [0.29, 0.717) is 0 Å². The van der Waals surface area contributed by atoms with Crippen LogP contribution in [0.5, 0.6) is 0 Å². The molecule has 0 bridgehead atoms. The molecular weight excluding hydrogens is 278 g/mol. The molecule has 1 atom stereocenters. The summed E-state index contributed by atoms with van der Waals surface area (Å²) in [6.45, 7) is 7.17. The third kappa shape index (κ3) is 4.16. The first-order chi connectivity index (χ1) is 9.27. The van der Waals surface area contributed by atoms with Gasteiger partial charge in [-0.1, -0.05) is 12.1 Å². The van der Waals surface area contributed by atoms with Crippen molar-refractivity contribution in [2.45, 2.75) is 32.4 Å². The zero-order valence-corrected chi connectivity index (χ0v) is 12.9. The van der Waals surface area contributed by atoms with Crippen LogP contribution in [0.4, 0.5) is 0 Å². The molecule has 1 rings (SSSR count). The Kier molecular flexibility index (Phi) is 5.44. The van der Waals surface area contributed by atoms with Gasteiger partial charge in [-0.15, -0.1) is 0 Å². The second-order valence-corrected chi connectivity index (χ2v) is 7.04. The predicted molar refractivity (Wildman–Crippen MR) is 77.8 cm³/mol. The molecule has 0 aliphatic carbocycles. The number of nitrogens with one attached hydrogen (secondary N) is 1. The van der Waals surface area contributed by atoms with Crippen molar-refractivity contribution in [1.82, 2.24) is 4.72 Å². The molecule has 1 amide bonds. The Labute approximate surface area is 121 Å². The van der Waals surface area contributed by atoms with Gasteiger partial charge in [-0.25, -0.2) is 9.00 Å². The molecular formula is C14H19NO4S. The van der Waals surface area contributed by atoms with Crippen LogP contribution < -0.4 is 4.72 Å².